The topological polar surface area (TPSA) is 38.8 Å². The second-order valence-electron chi connectivity index (χ2n) is 3.02. The molecule has 1 aliphatic heterocycles. The molecular formula is C10H20O3. The van der Waals surface area contributed by atoms with Crippen LogP contribution in [0.5, 0.6) is 0 Å². The molecule has 0 aromatic carbocycles. The zero-order valence-electron chi connectivity index (χ0n) is 8.84. The molecule has 0 amide bonds. The van der Waals surface area contributed by atoms with E-state index in [2.05, 4.69) is 11.7 Å². The van der Waals surface area contributed by atoms with Gasteiger partial charge in [0.25, 0.3) is 0 Å². The first-order valence-corrected chi connectivity index (χ1v) is 4.95. The summed E-state index contributed by atoms with van der Waals surface area (Å²) in [7, 11) is 0. The van der Waals surface area contributed by atoms with Crippen molar-refractivity contribution in [3.8, 4) is 0 Å². The third kappa shape index (κ3) is 11.4. The van der Waals surface area contributed by atoms with Crippen LogP contribution in [0.1, 0.15) is 40.0 Å². The lowest BCUT2D eigenvalue weighted by molar-refractivity contribution is -0.140. The fourth-order valence-corrected chi connectivity index (χ4v) is 0.870. The molecule has 3 heteroatoms. The molecule has 0 aliphatic carbocycles. The predicted molar refractivity (Wildman–Crippen MR) is 51.6 cm³/mol. The minimum atomic E-state index is -0.211. The van der Waals surface area contributed by atoms with Gasteiger partial charge in [-0.2, -0.15) is 0 Å². The molecule has 0 saturated carbocycles. The van der Waals surface area contributed by atoms with Gasteiger partial charge in [-0.05, 0) is 13.3 Å². The molecule has 1 aliphatic rings. The Morgan fingerprint density at radius 3 is 2.38 bits per heavy atom. The minimum absolute atomic E-state index is 0.211. The lowest BCUT2D eigenvalue weighted by atomic mass is 10.2. The molecular weight excluding hydrogens is 168 g/mol. The summed E-state index contributed by atoms with van der Waals surface area (Å²) in [5, 5.41) is 0. The Kier molecular flexibility index (Phi) is 7.69. The summed E-state index contributed by atoms with van der Waals surface area (Å²) in [6.07, 6.45) is 4.58. The summed E-state index contributed by atoms with van der Waals surface area (Å²) in [5.74, 6) is -0.211. The zero-order chi connectivity index (χ0) is 10.1. The van der Waals surface area contributed by atoms with Crippen LogP contribution < -0.4 is 0 Å². The van der Waals surface area contributed by atoms with E-state index >= 15 is 0 Å². The van der Waals surface area contributed by atoms with Gasteiger partial charge in [-0.15, -0.1) is 0 Å². The Morgan fingerprint density at radius 1 is 1.54 bits per heavy atom. The Hall–Kier alpha value is -0.570. The smallest absolute Gasteiger partial charge is 0.302 e. The van der Waals surface area contributed by atoms with Crippen LogP contribution >= 0.6 is 0 Å². The van der Waals surface area contributed by atoms with Gasteiger partial charge in [0.15, 0.2) is 0 Å². The first kappa shape index (κ1) is 12.4. The van der Waals surface area contributed by atoms with E-state index in [0.29, 0.717) is 12.7 Å². The predicted octanol–water partition coefficient (Wildman–Crippen LogP) is 2.14. The molecule has 1 fully saturated rings. The Balaban J connectivity index is 0.000000226. The molecule has 0 aromatic rings. The summed E-state index contributed by atoms with van der Waals surface area (Å²) in [5.41, 5.74) is 0. The molecule has 0 N–H and O–H groups in total. The average molecular weight is 188 g/mol. The number of epoxide rings is 1. The second kappa shape index (κ2) is 8.05. The lowest BCUT2D eigenvalue weighted by Crippen LogP contribution is -1.95. The number of unbranched alkanes of at least 4 members (excludes halogenated alkanes) is 1. The molecule has 1 saturated heterocycles. The fourth-order valence-electron chi connectivity index (χ4n) is 0.870. The highest BCUT2D eigenvalue weighted by atomic mass is 16.6. The van der Waals surface area contributed by atoms with E-state index in [4.69, 9.17) is 4.74 Å². The standard InChI is InChI=1S/C6H12O.C4H8O2/c1-2-3-4-6-5-7-6;1-3-6-4(2)5/h6H,2-5H2,1H3;3H2,1-2H3. The van der Waals surface area contributed by atoms with Gasteiger partial charge in [0, 0.05) is 6.92 Å². The Labute approximate surface area is 80.4 Å². The van der Waals surface area contributed by atoms with Gasteiger partial charge in [0.2, 0.25) is 0 Å². The van der Waals surface area contributed by atoms with Crippen molar-refractivity contribution in [2.45, 2.75) is 46.1 Å². The number of carbonyl (C=O) groups is 1. The SMILES string of the molecule is CCCCC1CO1.CCOC(C)=O. The van der Waals surface area contributed by atoms with Gasteiger partial charge >= 0.3 is 5.97 Å². The summed E-state index contributed by atoms with van der Waals surface area (Å²) >= 11 is 0. The highest BCUT2D eigenvalue weighted by Gasteiger charge is 2.20. The lowest BCUT2D eigenvalue weighted by Gasteiger charge is -1.89. The van der Waals surface area contributed by atoms with Crippen molar-refractivity contribution in [1.29, 1.82) is 0 Å². The first-order valence-electron chi connectivity index (χ1n) is 4.95. The maximum absolute atomic E-state index is 9.82. The minimum Gasteiger partial charge on any atom is -0.466 e. The second-order valence-corrected chi connectivity index (χ2v) is 3.02. The Morgan fingerprint density at radius 2 is 2.15 bits per heavy atom. The first-order chi connectivity index (χ1) is 6.20. The highest BCUT2D eigenvalue weighted by Crippen LogP contribution is 2.15. The van der Waals surface area contributed by atoms with Crippen molar-refractivity contribution < 1.29 is 14.3 Å². The van der Waals surface area contributed by atoms with Crippen molar-refractivity contribution in [3.05, 3.63) is 0 Å². The largest absolute Gasteiger partial charge is 0.466 e. The van der Waals surface area contributed by atoms with Gasteiger partial charge in [-0.3, -0.25) is 4.79 Å². The van der Waals surface area contributed by atoms with Crippen LogP contribution in [0.3, 0.4) is 0 Å². The van der Waals surface area contributed by atoms with Crippen LogP contribution in [0.15, 0.2) is 0 Å². The number of esters is 1. The molecule has 0 radical (unpaired) electrons. The van der Waals surface area contributed by atoms with E-state index in [1.807, 2.05) is 0 Å². The molecule has 3 nitrogen and oxygen atoms in total. The van der Waals surface area contributed by atoms with Crippen molar-refractivity contribution in [3.63, 3.8) is 0 Å². The van der Waals surface area contributed by atoms with Crippen molar-refractivity contribution in [2.75, 3.05) is 13.2 Å². The average Bonchev–Trinajstić information content (AvgIpc) is 2.85. The molecule has 78 valence electrons. The van der Waals surface area contributed by atoms with Gasteiger partial charge in [0.05, 0.1) is 19.3 Å². The molecule has 0 spiro atoms. The van der Waals surface area contributed by atoms with Crippen molar-refractivity contribution in [1.82, 2.24) is 0 Å². The normalized spacial score (nSPS) is 18.5. The third-order valence-electron chi connectivity index (χ3n) is 1.63. The molecule has 1 heterocycles. The van der Waals surface area contributed by atoms with Gasteiger partial charge in [0.1, 0.15) is 0 Å². The third-order valence-corrected chi connectivity index (χ3v) is 1.63. The van der Waals surface area contributed by atoms with E-state index in [1.165, 1.54) is 26.2 Å². The van der Waals surface area contributed by atoms with Gasteiger partial charge in [-0.25, -0.2) is 0 Å². The summed E-state index contributed by atoms with van der Waals surface area (Å²) in [6.45, 7) is 6.89. The van der Waals surface area contributed by atoms with Crippen LogP contribution in [-0.2, 0) is 14.3 Å². The molecule has 13 heavy (non-hydrogen) atoms. The number of hydrogen-bond donors (Lipinski definition) is 0. The maximum atomic E-state index is 9.82. The van der Waals surface area contributed by atoms with E-state index in [0.717, 1.165) is 6.61 Å². The Bertz CT molecular complexity index is 130. The summed E-state index contributed by atoms with van der Waals surface area (Å²) in [4.78, 5) is 9.82. The maximum Gasteiger partial charge on any atom is 0.302 e. The number of rotatable bonds is 4. The van der Waals surface area contributed by atoms with E-state index in [9.17, 15) is 4.79 Å². The quantitative estimate of drug-likeness (QED) is 0.501. The van der Waals surface area contributed by atoms with Crippen LogP contribution in [0.2, 0.25) is 0 Å². The summed E-state index contributed by atoms with van der Waals surface area (Å²) in [6, 6.07) is 0. The molecule has 1 rings (SSSR count). The molecule has 1 atom stereocenters. The van der Waals surface area contributed by atoms with Crippen LogP contribution in [0, 0.1) is 0 Å². The van der Waals surface area contributed by atoms with Crippen LogP contribution in [0.25, 0.3) is 0 Å². The molecule has 0 bridgehead atoms. The molecule has 1 unspecified atom stereocenters. The number of hydrogen-bond acceptors (Lipinski definition) is 3. The van der Waals surface area contributed by atoms with Gasteiger partial charge < -0.3 is 9.47 Å². The van der Waals surface area contributed by atoms with E-state index in [1.54, 1.807) is 6.92 Å². The van der Waals surface area contributed by atoms with Crippen molar-refractivity contribution >= 4 is 5.97 Å². The fraction of sp³-hybridized carbons (Fsp3) is 0.900. The summed E-state index contributed by atoms with van der Waals surface area (Å²) < 4.78 is 9.41. The highest BCUT2D eigenvalue weighted by molar-refractivity contribution is 5.65. The van der Waals surface area contributed by atoms with Crippen molar-refractivity contribution in [2.24, 2.45) is 0 Å². The van der Waals surface area contributed by atoms with E-state index in [-0.39, 0.29) is 5.97 Å². The van der Waals surface area contributed by atoms with Crippen LogP contribution in [0.4, 0.5) is 0 Å². The number of carbonyl (C=O) groups excluding carboxylic acids is 1. The number of ether oxygens (including phenoxy) is 2. The monoisotopic (exact) mass is 188 g/mol. The molecule has 0 aromatic heterocycles. The van der Waals surface area contributed by atoms with E-state index < -0.39 is 0 Å². The zero-order valence-corrected chi connectivity index (χ0v) is 8.84. The van der Waals surface area contributed by atoms with Gasteiger partial charge in [-0.1, -0.05) is 19.8 Å². The van der Waals surface area contributed by atoms with Crippen LogP contribution in [-0.4, -0.2) is 25.3 Å².